The van der Waals surface area contributed by atoms with Crippen LogP contribution in [0.2, 0.25) is 0 Å². The number of furan rings is 1. The van der Waals surface area contributed by atoms with Gasteiger partial charge in [-0.3, -0.25) is 9.36 Å². The second-order valence-electron chi connectivity index (χ2n) is 6.71. The first-order chi connectivity index (χ1) is 13.6. The van der Waals surface area contributed by atoms with Crippen LogP contribution in [-0.2, 0) is 17.8 Å². The molecular weight excluding hydrogens is 360 g/mol. The molecule has 0 fully saturated rings. The van der Waals surface area contributed by atoms with Gasteiger partial charge in [0.15, 0.2) is 5.82 Å². The van der Waals surface area contributed by atoms with Gasteiger partial charge in [-0.25, -0.2) is 9.48 Å². The Morgan fingerprint density at radius 1 is 1.25 bits per heavy atom. The molecule has 1 atom stereocenters. The number of aryl methyl sites for hydroxylation is 1. The summed E-state index contributed by atoms with van der Waals surface area (Å²) < 4.78 is 13.5. The van der Waals surface area contributed by atoms with Crippen LogP contribution in [0.4, 0.5) is 0 Å². The number of amides is 1. The number of nitrogens with zero attached hydrogens (tertiary/aromatic N) is 4. The van der Waals surface area contributed by atoms with Crippen LogP contribution in [0.15, 0.2) is 51.9 Å². The molecule has 146 valence electrons. The molecule has 0 spiro atoms. The summed E-state index contributed by atoms with van der Waals surface area (Å²) in [6.45, 7) is 3.33. The number of carbonyl (C=O) groups excluding carboxylic acids is 1. The van der Waals surface area contributed by atoms with Crippen molar-refractivity contribution < 1.29 is 13.9 Å². The third-order valence-corrected chi connectivity index (χ3v) is 5.04. The van der Waals surface area contributed by atoms with E-state index < -0.39 is 6.04 Å². The molecular formula is C20H22N4O4. The number of carbonyl (C=O) groups is 1. The van der Waals surface area contributed by atoms with Gasteiger partial charge >= 0.3 is 5.69 Å². The molecule has 8 nitrogen and oxygen atoms in total. The first-order valence-corrected chi connectivity index (χ1v) is 9.18. The Morgan fingerprint density at radius 3 is 2.71 bits per heavy atom. The first kappa shape index (κ1) is 18.2. The van der Waals surface area contributed by atoms with Gasteiger partial charge in [0, 0.05) is 20.2 Å². The van der Waals surface area contributed by atoms with Gasteiger partial charge in [0.1, 0.15) is 11.8 Å². The summed E-state index contributed by atoms with van der Waals surface area (Å²) in [7, 11) is 1.58. The lowest BCUT2D eigenvalue weighted by Crippen LogP contribution is -2.44. The molecule has 0 saturated heterocycles. The van der Waals surface area contributed by atoms with Crippen LogP contribution in [0.5, 0.6) is 0 Å². The summed E-state index contributed by atoms with van der Waals surface area (Å²) in [5.41, 5.74) is 1.25. The maximum atomic E-state index is 13.3. The Hall–Kier alpha value is -3.13. The molecule has 0 saturated carbocycles. The molecule has 28 heavy (non-hydrogen) atoms. The predicted octanol–water partition coefficient (Wildman–Crippen LogP) is 1.84. The van der Waals surface area contributed by atoms with Crippen LogP contribution in [0.1, 0.15) is 33.5 Å². The SMILES string of the molecule is COCCn1nc2n(c1=O)CCN(C(=O)c1ccoc1C)C2c1ccccc1. The van der Waals surface area contributed by atoms with Crippen LogP contribution in [0.25, 0.3) is 0 Å². The number of aromatic nitrogens is 3. The van der Waals surface area contributed by atoms with Crippen molar-refractivity contribution in [1.29, 1.82) is 0 Å². The highest BCUT2D eigenvalue weighted by Gasteiger charge is 2.37. The molecule has 0 bridgehead atoms. The average molecular weight is 382 g/mol. The fraction of sp³-hybridized carbons (Fsp3) is 0.350. The van der Waals surface area contributed by atoms with Gasteiger partial charge in [0.25, 0.3) is 5.91 Å². The van der Waals surface area contributed by atoms with Gasteiger partial charge in [-0.2, -0.15) is 5.10 Å². The second kappa shape index (κ2) is 7.47. The van der Waals surface area contributed by atoms with Crippen molar-refractivity contribution in [3.63, 3.8) is 0 Å². The molecule has 1 aromatic carbocycles. The van der Waals surface area contributed by atoms with Crippen LogP contribution in [0.3, 0.4) is 0 Å². The minimum Gasteiger partial charge on any atom is -0.469 e. The Balaban J connectivity index is 1.80. The Kier molecular flexibility index (Phi) is 4.87. The largest absolute Gasteiger partial charge is 0.469 e. The Labute approximate surface area is 161 Å². The predicted molar refractivity (Wildman–Crippen MR) is 101 cm³/mol. The molecule has 0 N–H and O–H groups in total. The third kappa shape index (κ3) is 3.05. The molecule has 2 aromatic heterocycles. The second-order valence-corrected chi connectivity index (χ2v) is 6.71. The van der Waals surface area contributed by atoms with Gasteiger partial charge in [-0.1, -0.05) is 30.3 Å². The van der Waals surface area contributed by atoms with Crippen LogP contribution in [0, 0.1) is 6.92 Å². The lowest BCUT2D eigenvalue weighted by molar-refractivity contribution is 0.0655. The molecule has 0 radical (unpaired) electrons. The summed E-state index contributed by atoms with van der Waals surface area (Å²) in [6, 6.07) is 10.9. The zero-order chi connectivity index (χ0) is 19.7. The van der Waals surface area contributed by atoms with E-state index in [9.17, 15) is 9.59 Å². The van der Waals surface area contributed by atoms with Crippen molar-refractivity contribution >= 4 is 5.91 Å². The van der Waals surface area contributed by atoms with Gasteiger partial charge in [0.2, 0.25) is 0 Å². The fourth-order valence-electron chi connectivity index (χ4n) is 3.61. The zero-order valence-electron chi connectivity index (χ0n) is 15.9. The Morgan fingerprint density at radius 2 is 2.04 bits per heavy atom. The van der Waals surface area contributed by atoms with E-state index in [-0.39, 0.29) is 11.6 Å². The van der Waals surface area contributed by atoms with Gasteiger partial charge in [-0.05, 0) is 18.6 Å². The summed E-state index contributed by atoms with van der Waals surface area (Å²) >= 11 is 0. The van der Waals surface area contributed by atoms with Crippen LogP contribution in [-0.4, -0.2) is 45.4 Å². The summed E-state index contributed by atoms with van der Waals surface area (Å²) in [4.78, 5) is 27.8. The van der Waals surface area contributed by atoms with E-state index in [4.69, 9.17) is 9.15 Å². The van der Waals surface area contributed by atoms with E-state index in [1.165, 1.54) is 10.9 Å². The number of rotatable bonds is 5. The quantitative estimate of drug-likeness (QED) is 0.672. The molecule has 1 aliphatic heterocycles. The number of methoxy groups -OCH3 is 1. The molecule has 8 heteroatoms. The molecule has 1 unspecified atom stereocenters. The minimum absolute atomic E-state index is 0.134. The Bertz CT molecular complexity index is 1030. The maximum absolute atomic E-state index is 13.3. The third-order valence-electron chi connectivity index (χ3n) is 5.04. The van der Waals surface area contributed by atoms with Crippen LogP contribution < -0.4 is 5.69 Å². The number of benzene rings is 1. The molecule has 0 aliphatic carbocycles. The van der Waals surface area contributed by atoms with Crippen molar-refractivity contribution in [3.05, 3.63) is 75.9 Å². The van der Waals surface area contributed by atoms with Crippen LogP contribution >= 0.6 is 0 Å². The zero-order valence-corrected chi connectivity index (χ0v) is 15.9. The standard InChI is InChI=1S/C20H22N4O4/c1-14-16(8-12-28-14)19(25)22-9-10-23-18(17(22)15-6-4-3-5-7-15)21-24(20(23)26)11-13-27-2/h3-8,12,17H,9-11,13H2,1-2H3. The van der Waals surface area contributed by atoms with E-state index in [0.717, 1.165) is 5.56 Å². The summed E-state index contributed by atoms with van der Waals surface area (Å²) in [5, 5.41) is 4.55. The molecule has 1 amide bonds. The lowest BCUT2D eigenvalue weighted by atomic mass is 10.0. The highest BCUT2D eigenvalue weighted by Crippen LogP contribution is 2.31. The first-order valence-electron chi connectivity index (χ1n) is 9.18. The van der Waals surface area contributed by atoms with Crippen molar-refractivity contribution in [3.8, 4) is 0 Å². The highest BCUT2D eigenvalue weighted by atomic mass is 16.5. The number of hydrogen-bond donors (Lipinski definition) is 0. The lowest BCUT2D eigenvalue weighted by Gasteiger charge is -2.35. The molecule has 3 aromatic rings. The van der Waals surface area contributed by atoms with Crippen molar-refractivity contribution in [1.82, 2.24) is 19.2 Å². The number of fused-ring (bicyclic) bond motifs is 1. The van der Waals surface area contributed by atoms with Gasteiger partial charge in [0.05, 0.1) is 25.0 Å². The van der Waals surface area contributed by atoms with Gasteiger partial charge in [-0.15, -0.1) is 0 Å². The summed E-state index contributed by atoms with van der Waals surface area (Å²) in [5.74, 6) is 1.00. The average Bonchev–Trinajstić information content (AvgIpc) is 3.29. The number of hydrogen-bond acceptors (Lipinski definition) is 5. The monoisotopic (exact) mass is 382 g/mol. The minimum atomic E-state index is -0.451. The fourth-order valence-corrected chi connectivity index (χ4v) is 3.61. The van der Waals surface area contributed by atoms with E-state index in [2.05, 4.69) is 5.10 Å². The van der Waals surface area contributed by atoms with E-state index in [1.54, 1.807) is 29.6 Å². The molecule has 1 aliphatic rings. The maximum Gasteiger partial charge on any atom is 0.346 e. The van der Waals surface area contributed by atoms with Gasteiger partial charge < -0.3 is 14.1 Å². The van der Waals surface area contributed by atoms with Crippen molar-refractivity contribution in [2.45, 2.75) is 26.1 Å². The van der Waals surface area contributed by atoms with Crippen molar-refractivity contribution in [2.75, 3.05) is 20.3 Å². The van der Waals surface area contributed by atoms with E-state index in [0.29, 0.717) is 43.4 Å². The molecule has 4 rings (SSSR count). The van der Waals surface area contributed by atoms with Crippen molar-refractivity contribution in [2.24, 2.45) is 0 Å². The smallest absolute Gasteiger partial charge is 0.346 e. The number of ether oxygens (including phenoxy) is 1. The normalized spacial score (nSPS) is 16.2. The topological polar surface area (TPSA) is 82.5 Å². The van der Waals surface area contributed by atoms with E-state index >= 15 is 0 Å². The van der Waals surface area contributed by atoms with E-state index in [1.807, 2.05) is 30.3 Å². The molecule has 3 heterocycles. The highest BCUT2D eigenvalue weighted by molar-refractivity contribution is 5.95. The summed E-state index contributed by atoms with van der Waals surface area (Å²) in [6.07, 6.45) is 1.51.